The fourth-order valence-corrected chi connectivity index (χ4v) is 5.59. The Hall–Kier alpha value is -3.27. The van der Waals surface area contributed by atoms with Crippen LogP contribution in [-0.2, 0) is 21.2 Å². The number of fused-ring (bicyclic) bond motifs is 2. The number of ether oxygens (including phenoxy) is 2. The zero-order valence-electron chi connectivity index (χ0n) is 20.4. The molecule has 3 atom stereocenters. The van der Waals surface area contributed by atoms with Crippen molar-refractivity contribution in [2.24, 2.45) is 16.6 Å². The number of guanidine groups is 1. The number of rotatable bonds is 2. The number of likely N-dealkylation sites (N-methyl/N-ethyl adjacent to an activating group) is 1. The van der Waals surface area contributed by atoms with E-state index in [1.54, 1.807) is 25.2 Å². The first-order valence-electron chi connectivity index (χ1n) is 11.9. The molecule has 2 aromatic carbocycles. The van der Waals surface area contributed by atoms with Crippen LogP contribution in [0.1, 0.15) is 44.2 Å². The van der Waals surface area contributed by atoms with E-state index < -0.39 is 17.3 Å². The molecule has 10 heteroatoms. The van der Waals surface area contributed by atoms with E-state index in [2.05, 4.69) is 4.99 Å². The topological polar surface area (TPSA) is 103 Å². The summed E-state index contributed by atoms with van der Waals surface area (Å²) in [7, 11) is 1.56. The molecule has 3 aliphatic heterocycles. The van der Waals surface area contributed by atoms with Crippen molar-refractivity contribution in [3.05, 3.63) is 47.5 Å². The Kier molecular flexibility index (Phi) is 5.51. The van der Waals surface area contributed by atoms with Gasteiger partial charge >= 0.3 is 6.18 Å². The second kappa shape index (κ2) is 8.12. The second-order valence-corrected chi connectivity index (χ2v) is 10.5. The lowest BCUT2D eigenvalue weighted by Gasteiger charge is -2.44. The second-order valence-electron chi connectivity index (χ2n) is 10.5. The fraction of sp³-hybridized carbons (Fsp3) is 0.462. The van der Waals surface area contributed by atoms with Crippen LogP contribution < -0.4 is 16.2 Å². The Bertz CT molecular complexity index is 1260. The lowest BCUT2D eigenvalue weighted by atomic mass is 9.74. The minimum absolute atomic E-state index is 0.00959. The maximum absolute atomic E-state index is 13.6. The number of nitrogen functional groups attached to an aromatic ring is 1. The highest BCUT2D eigenvalue weighted by molar-refractivity contribution is 6.07. The van der Waals surface area contributed by atoms with E-state index in [-0.39, 0.29) is 47.2 Å². The summed E-state index contributed by atoms with van der Waals surface area (Å²) in [6, 6.07) is 8.45. The molecule has 0 aliphatic carbocycles. The number of amides is 1. The molecule has 1 saturated heterocycles. The van der Waals surface area contributed by atoms with E-state index >= 15 is 0 Å². The van der Waals surface area contributed by atoms with Crippen LogP contribution in [-0.4, -0.2) is 42.1 Å². The van der Waals surface area contributed by atoms with Gasteiger partial charge in [-0.15, -0.1) is 0 Å². The van der Waals surface area contributed by atoms with Crippen LogP contribution in [0.3, 0.4) is 0 Å². The van der Waals surface area contributed by atoms with Crippen LogP contribution in [0, 0.1) is 5.92 Å². The molecule has 3 heterocycles. The summed E-state index contributed by atoms with van der Waals surface area (Å²) < 4.78 is 52.6. The van der Waals surface area contributed by atoms with Gasteiger partial charge in [0.25, 0.3) is 5.91 Å². The number of carbonyl (C=O) groups excluding carboxylic acids is 1. The average molecular weight is 503 g/mol. The van der Waals surface area contributed by atoms with Crippen LogP contribution in [0.2, 0.25) is 0 Å². The highest BCUT2D eigenvalue weighted by Gasteiger charge is 2.55. The van der Waals surface area contributed by atoms with Gasteiger partial charge < -0.3 is 20.9 Å². The minimum Gasteiger partial charge on any atom is -0.490 e. The summed E-state index contributed by atoms with van der Waals surface area (Å²) >= 11 is 0. The van der Waals surface area contributed by atoms with Gasteiger partial charge in [0, 0.05) is 37.2 Å². The van der Waals surface area contributed by atoms with E-state index in [0.29, 0.717) is 23.5 Å². The first-order chi connectivity index (χ1) is 16.8. The molecule has 1 fully saturated rings. The molecule has 3 unspecified atom stereocenters. The van der Waals surface area contributed by atoms with Crippen molar-refractivity contribution in [2.45, 2.75) is 56.5 Å². The zero-order chi connectivity index (χ0) is 26.0. The molecule has 3 aliphatic rings. The molecule has 0 radical (unpaired) electrons. The average Bonchev–Trinajstić information content (AvgIpc) is 3.01. The van der Waals surface area contributed by atoms with Gasteiger partial charge in [-0.25, -0.2) is 4.99 Å². The molecular formula is C26H29F3N4O3. The Labute approximate surface area is 207 Å². The number of benzene rings is 2. The van der Waals surface area contributed by atoms with Gasteiger partial charge in [0.05, 0.1) is 11.2 Å². The van der Waals surface area contributed by atoms with Gasteiger partial charge in [-0.05, 0) is 68.1 Å². The quantitative estimate of drug-likeness (QED) is 0.597. The molecule has 0 bridgehead atoms. The van der Waals surface area contributed by atoms with Gasteiger partial charge in [0.2, 0.25) is 0 Å². The van der Waals surface area contributed by atoms with Crippen LogP contribution in [0.5, 0.6) is 5.75 Å². The molecule has 0 aromatic heterocycles. The number of nitrogens with zero attached hydrogens (tertiary/aromatic N) is 2. The SMILES string of the molecule is CN1C(=O)C2(CC(C3CCOC(C)(C)C3)Oc3ccc(-c4cc(N)cc(C(F)(F)F)c4)cc32)N=C1N. The third-order valence-electron chi connectivity index (χ3n) is 7.38. The molecule has 7 nitrogen and oxygen atoms in total. The number of nitrogens with two attached hydrogens (primary N) is 2. The van der Waals surface area contributed by atoms with Crippen LogP contribution in [0.15, 0.2) is 41.4 Å². The number of halogens is 3. The maximum atomic E-state index is 13.6. The highest BCUT2D eigenvalue weighted by atomic mass is 19.4. The van der Waals surface area contributed by atoms with Crippen molar-refractivity contribution < 1.29 is 27.4 Å². The van der Waals surface area contributed by atoms with Crippen molar-refractivity contribution in [1.29, 1.82) is 0 Å². The Morgan fingerprint density at radius 1 is 1.08 bits per heavy atom. The molecule has 0 saturated carbocycles. The summed E-state index contributed by atoms with van der Waals surface area (Å²) in [4.78, 5) is 19.5. The lowest BCUT2D eigenvalue weighted by Crippen LogP contribution is -2.49. The fourth-order valence-electron chi connectivity index (χ4n) is 5.59. The van der Waals surface area contributed by atoms with Crippen molar-refractivity contribution in [3.8, 4) is 16.9 Å². The molecule has 1 spiro atoms. The third kappa shape index (κ3) is 4.07. The van der Waals surface area contributed by atoms with Gasteiger partial charge in [-0.2, -0.15) is 13.2 Å². The smallest absolute Gasteiger partial charge is 0.416 e. The Morgan fingerprint density at radius 3 is 2.47 bits per heavy atom. The van der Waals surface area contributed by atoms with Gasteiger partial charge in [-0.3, -0.25) is 9.69 Å². The van der Waals surface area contributed by atoms with Crippen molar-refractivity contribution in [3.63, 3.8) is 0 Å². The Morgan fingerprint density at radius 2 is 1.83 bits per heavy atom. The number of alkyl halides is 3. The predicted molar refractivity (Wildman–Crippen MR) is 129 cm³/mol. The van der Waals surface area contributed by atoms with Gasteiger partial charge in [0.1, 0.15) is 11.9 Å². The molecular weight excluding hydrogens is 473 g/mol. The molecule has 4 N–H and O–H groups in total. The third-order valence-corrected chi connectivity index (χ3v) is 7.38. The van der Waals surface area contributed by atoms with E-state index in [4.69, 9.17) is 20.9 Å². The standard InChI is InChI=1S/C26H29F3N4O3/c1-24(2)12-15(6-7-35-24)21-13-25(22(34)33(3)23(31)32-25)19-10-14(4-5-20(19)36-21)16-8-17(26(27,28)29)11-18(30)9-16/h4-5,8-11,15,21H,6-7,12-13,30H2,1-3H3,(H2,31,32). The number of anilines is 1. The molecule has 192 valence electrons. The number of hydrogen-bond donors (Lipinski definition) is 2. The number of aliphatic imine (C=N–C) groups is 1. The zero-order valence-corrected chi connectivity index (χ0v) is 20.4. The van der Waals surface area contributed by atoms with E-state index in [1.807, 2.05) is 13.8 Å². The normalized spacial score (nSPS) is 27.6. The van der Waals surface area contributed by atoms with Crippen molar-refractivity contribution in [1.82, 2.24) is 4.90 Å². The van der Waals surface area contributed by atoms with E-state index in [9.17, 15) is 18.0 Å². The largest absolute Gasteiger partial charge is 0.490 e. The van der Waals surface area contributed by atoms with Crippen LogP contribution >= 0.6 is 0 Å². The maximum Gasteiger partial charge on any atom is 0.416 e. The van der Waals surface area contributed by atoms with Crippen LogP contribution in [0.4, 0.5) is 18.9 Å². The summed E-state index contributed by atoms with van der Waals surface area (Å²) in [5.74, 6) is 0.408. The molecule has 36 heavy (non-hydrogen) atoms. The number of hydrogen-bond acceptors (Lipinski definition) is 6. The summed E-state index contributed by atoms with van der Waals surface area (Å²) in [5.41, 5.74) is 10.6. The molecule has 2 aromatic rings. The van der Waals surface area contributed by atoms with Crippen LogP contribution in [0.25, 0.3) is 11.1 Å². The summed E-state index contributed by atoms with van der Waals surface area (Å²) in [6.07, 6.45) is -3.03. The first kappa shape index (κ1) is 24.4. The Balaban J connectivity index is 1.61. The van der Waals surface area contributed by atoms with Crippen molar-refractivity contribution >= 4 is 17.6 Å². The van der Waals surface area contributed by atoms with Gasteiger partial charge in [-0.1, -0.05) is 6.07 Å². The number of carbonyl (C=O) groups is 1. The summed E-state index contributed by atoms with van der Waals surface area (Å²) in [5, 5.41) is 0. The molecule has 5 rings (SSSR count). The molecule has 1 amide bonds. The lowest BCUT2D eigenvalue weighted by molar-refractivity contribution is -0.137. The highest BCUT2D eigenvalue weighted by Crippen LogP contribution is 2.50. The van der Waals surface area contributed by atoms with Crippen molar-refractivity contribution in [2.75, 3.05) is 19.4 Å². The summed E-state index contributed by atoms with van der Waals surface area (Å²) in [6.45, 7) is 4.65. The predicted octanol–water partition coefficient (Wildman–Crippen LogP) is 4.29. The minimum atomic E-state index is -4.55. The van der Waals surface area contributed by atoms with E-state index in [0.717, 1.165) is 25.0 Å². The van der Waals surface area contributed by atoms with Gasteiger partial charge in [0.15, 0.2) is 11.5 Å². The monoisotopic (exact) mass is 502 g/mol. The first-order valence-corrected chi connectivity index (χ1v) is 11.9. The van der Waals surface area contributed by atoms with E-state index in [1.165, 1.54) is 11.0 Å².